The highest BCUT2D eigenvalue weighted by molar-refractivity contribution is 5.81. The normalized spacial score (nSPS) is 40.6. The fourth-order valence-electron chi connectivity index (χ4n) is 3.40. The van der Waals surface area contributed by atoms with E-state index < -0.39 is 86.2 Å². The Morgan fingerprint density at radius 3 is 1.29 bits per heavy atom. The van der Waals surface area contributed by atoms with Gasteiger partial charge in [-0.3, -0.25) is 0 Å². The summed E-state index contributed by atoms with van der Waals surface area (Å²) in [6.45, 7) is 5.58. The van der Waals surface area contributed by atoms with Gasteiger partial charge in [0.05, 0.1) is 12.2 Å². The van der Waals surface area contributed by atoms with Crippen molar-refractivity contribution in [1.29, 1.82) is 0 Å². The summed E-state index contributed by atoms with van der Waals surface area (Å²) in [7, 11) is 0. The Morgan fingerprint density at radius 1 is 0.645 bits per heavy atom. The zero-order valence-electron chi connectivity index (χ0n) is 16.6. The first-order chi connectivity index (χ1) is 14.6. The third kappa shape index (κ3) is 6.08. The third-order valence-corrected chi connectivity index (χ3v) is 5.20. The third-order valence-electron chi connectivity index (χ3n) is 5.20. The second-order valence-electron chi connectivity index (χ2n) is 7.27. The van der Waals surface area contributed by atoms with E-state index in [0.29, 0.717) is 0 Å². The summed E-state index contributed by atoms with van der Waals surface area (Å²) in [4.78, 5) is 22.5. The molecule has 0 bridgehead atoms. The Hall–Kier alpha value is -1.90. The Kier molecular flexibility index (Phi) is 9.09. The van der Waals surface area contributed by atoms with Crippen LogP contribution in [-0.2, 0) is 28.5 Å². The zero-order chi connectivity index (χ0) is 23.3. The molecule has 2 fully saturated rings. The highest BCUT2D eigenvalue weighted by Crippen LogP contribution is 2.30. The van der Waals surface area contributed by atoms with Crippen molar-refractivity contribution in [2.24, 2.45) is 0 Å². The Balaban J connectivity index is 2.07. The first-order valence-corrected chi connectivity index (χ1v) is 9.58. The van der Waals surface area contributed by atoms with E-state index in [0.717, 1.165) is 12.2 Å². The highest BCUT2D eigenvalue weighted by atomic mass is 16.6. The smallest absolute Gasteiger partial charge is 0.330 e. The summed E-state index contributed by atoms with van der Waals surface area (Å²) in [6, 6.07) is 0. The van der Waals surface area contributed by atoms with E-state index >= 15 is 0 Å². The van der Waals surface area contributed by atoms with Gasteiger partial charge in [-0.15, -0.1) is 0 Å². The van der Waals surface area contributed by atoms with Crippen LogP contribution in [0.15, 0.2) is 25.3 Å². The van der Waals surface area contributed by atoms with Crippen LogP contribution in [0.25, 0.3) is 0 Å². The van der Waals surface area contributed by atoms with Gasteiger partial charge in [-0.2, -0.15) is 0 Å². The molecule has 176 valence electrons. The zero-order valence-corrected chi connectivity index (χ0v) is 16.6. The molecule has 0 radical (unpaired) electrons. The number of aliphatic hydroxyl groups excluding tert-OH is 6. The molecule has 12 nitrogen and oxygen atoms in total. The van der Waals surface area contributed by atoms with Crippen molar-refractivity contribution in [3.63, 3.8) is 0 Å². The van der Waals surface area contributed by atoms with Gasteiger partial charge < -0.3 is 49.6 Å². The minimum absolute atomic E-state index is 0.284. The van der Waals surface area contributed by atoms with Gasteiger partial charge in [0.1, 0.15) is 62.0 Å². The summed E-state index contributed by atoms with van der Waals surface area (Å²) in [5.74, 6) is -1.57. The van der Waals surface area contributed by atoms with Gasteiger partial charge in [0.25, 0.3) is 0 Å². The fourth-order valence-corrected chi connectivity index (χ4v) is 3.40. The quantitative estimate of drug-likeness (QED) is 0.159. The molecular weight excluding hydrogens is 420 g/mol. The second kappa shape index (κ2) is 11.1. The van der Waals surface area contributed by atoms with Crippen LogP contribution in [0.5, 0.6) is 0 Å². The van der Waals surface area contributed by atoms with Gasteiger partial charge in [-0.1, -0.05) is 13.2 Å². The van der Waals surface area contributed by atoms with Crippen LogP contribution in [-0.4, -0.2) is 117 Å². The predicted octanol–water partition coefficient (Wildman–Crippen LogP) is -3.46. The molecule has 0 aliphatic carbocycles. The highest BCUT2D eigenvalue weighted by Gasteiger charge is 2.49. The minimum Gasteiger partial charge on any atom is -0.460 e. The first-order valence-electron chi connectivity index (χ1n) is 9.58. The number of aliphatic hydroxyl groups is 6. The maximum atomic E-state index is 11.2. The van der Waals surface area contributed by atoms with E-state index in [1.165, 1.54) is 0 Å². The van der Waals surface area contributed by atoms with Gasteiger partial charge in [0.15, 0.2) is 0 Å². The number of ether oxygens (including phenoxy) is 4. The van der Waals surface area contributed by atoms with Gasteiger partial charge in [0, 0.05) is 18.6 Å². The molecule has 0 saturated carbocycles. The number of rotatable bonds is 8. The van der Waals surface area contributed by atoms with Gasteiger partial charge in [-0.05, 0) is 0 Å². The molecule has 2 aliphatic heterocycles. The average molecular weight is 448 g/mol. The van der Waals surface area contributed by atoms with Crippen LogP contribution < -0.4 is 0 Å². The number of esters is 2. The van der Waals surface area contributed by atoms with Crippen molar-refractivity contribution in [2.45, 2.75) is 67.5 Å². The molecular formula is C19H28O12. The molecule has 6 N–H and O–H groups in total. The maximum absolute atomic E-state index is 11.2. The number of carbonyl (C=O) groups is 2. The van der Waals surface area contributed by atoms with Crippen molar-refractivity contribution in [3.8, 4) is 0 Å². The Labute approximate surface area is 177 Å². The molecule has 0 spiro atoms. The molecule has 12 heteroatoms. The lowest BCUT2D eigenvalue weighted by molar-refractivity contribution is -0.263. The maximum Gasteiger partial charge on any atom is 0.330 e. The van der Waals surface area contributed by atoms with Crippen LogP contribution in [0.2, 0.25) is 0 Å². The Morgan fingerprint density at radius 2 is 0.968 bits per heavy atom. The van der Waals surface area contributed by atoms with Crippen molar-refractivity contribution in [3.05, 3.63) is 25.3 Å². The van der Waals surface area contributed by atoms with Crippen LogP contribution in [0.3, 0.4) is 0 Å². The predicted molar refractivity (Wildman–Crippen MR) is 100 cm³/mol. The van der Waals surface area contributed by atoms with Crippen molar-refractivity contribution in [1.82, 2.24) is 0 Å². The van der Waals surface area contributed by atoms with Gasteiger partial charge >= 0.3 is 11.9 Å². The van der Waals surface area contributed by atoms with E-state index in [1.807, 2.05) is 0 Å². The molecule has 0 aromatic carbocycles. The molecule has 31 heavy (non-hydrogen) atoms. The SMILES string of the molecule is C=CC(=O)OC[C@H]1O[C@H](C[C@H]2O[C@H](COC(=O)C=C)[C@@H](O)[C@H](O)[C@H]2O)[C@H](O)[C@@H](O)[C@@H]1O. The number of carbonyl (C=O) groups excluding carboxylic acids is 2. The Bertz CT molecular complexity index is 600. The topological polar surface area (TPSA) is 192 Å². The summed E-state index contributed by atoms with van der Waals surface area (Å²) < 4.78 is 20.7. The molecule has 0 aromatic heterocycles. The molecule has 0 aromatic rings. The number of hydrogen-bond acceptors (Lipinski definition) is 12. The molecule has 2 heterocycles. The van der Waals surface area contributed by atoms with Crippen LogP contribution in [0.1, 0.15) is 6.42 Å². The molecule has 2 aliphatic rings. The van der Waals surface area contributed by atoms with E-state index in [4.69, 9.17) is 18.9 Å². The van der Waals surface area contributed by atoms with Gasteiger partial charge in [0.2, 0.25) is 0 Å². The summed E-state index contributed by atoms with van der Waals surface area (Å²) in [5, 5.41) is 60.9. The molecule has 2 saturated heterocycles. The lowest BCUT2D eigenvalue weighted by atomic mass is 9.87. The van der Waals surface area contributed by atoms with E-state index in [-0.39, 0.29) is 6.42 Å². The summed E-state index contributed by atoms with van der Waals surface area (Å²) in [5.41, 5.74) is 0. The van der Waals surface area contributed by atoms with Crippen molar-refractivity contribution >= 4 is 11.9 Å². The fraction of sp³-hybridized carbons (Fsp3) is 0.684. The summed E-state index contributed by atoms with van der Waals surface area (Å²) in [6.07, 6.45) is -13.0. The molecule has 0 unspecified atom stereocenters. The lowest BCUT2D eigenvalue weighted by Crippen LogP contribution is -2.62. The average Bonchev–Trinajstić information content (AvgIpc) is 2.77. The molecule has 10 atom stereocenters. The first kappa shape index (κ1) is 25.4. The van der Waals surface area contributed by atoms with E-state index in [1.54, 1.807) is 0 Å². The second-order valence-corrected chi connectivity index (χ2v) is 7.27. The van der Waals surface area contributed by atoms with Gasteiger partial charge in [-0.25, -0.2) is 9.59 Å². The van der Waals surface area contributed by atoms with Crippen LogP contribution >= 0.6 is 0 Å². The minimum atomic E-state index is -1.66. The van der Waals surface area contributed by atoms with E-state index in [2.05, 4.69) is 13.2 Å². The number of hydrogen-bond donors (Lipinski definition) is 6. The van der Waals surface area contributed by atoms with Crippen molar-refractivity contribution in [2.75, 3.05) is 13.2 Å². The molecule has 2 rings (SSSR count). The summed E-state index contributed by atoms with van der Waals surface area (Å²) >= 11 is 0. The standard InChI is InChI=1S/C19H28O12/c1-3-12(20)28-6-10-16(24)18(26)14(22)8(30-10)5-9-15(23)19(27)17(25)11(31-9)7-29-13(21)4-2/h3-4,8-11,14-19,22-27H,1-2,5-7H2/t8-,9-,10-,11-,14+,15+,16-,17-,18-,19-/m1/s1. The van der Waals surface area contributed by atoms with E-state index in [9.17, 15) is 40.2 Å². The van der Waals surface area contributed by atoms with Crippen molar-refractivity contribution < 1.29 is 59.2 Å². The lowest BCUT2D eigenvalue weighted by Gasteiger charge is -2.45. The molecule has 0 amide bonds. The monoisotopic (exact) mass is 448 g/mol. The largest absolute Gasteiger partial charge is 0.460 e. The van der Waals surface area contributed by atoms with Crippen LogP contribution in [0.4, 0.5) is 0 Å². The van der Waals surface area contributed by atoms with Crippen LogP contribution in [0, 0.1) is 0 Å².